The molecule has 28 heavy (non-hydrogen) atoms. The zero-order valence-electron chi connectivity index (χ0n) is 16.5. The second-order valence-electron chi connectivity index (χ2n) is 7.51. The van der Waals surface area contributed by atoms with Crippen LogP contribution < -0.4 is 11.5 Å². The Kier molecular flexibility index (Phi) is 5.79. The zero-order valence-corrected chi connectivity index (χ0v) is 16.5. The van der Waals surface area contributed by atoms with Crippen LogP contribution in [0, 0.1) is 0 Å². The van der Waals surface area contributed by atoms with Crippen LogP contribution >= 0.6 is 0 Å². The molecule has 0 aliphatic rings. The van der Waals surface area contributed by atoms with Gasteiger partial charge in [0.1, 0.15) is 0 Å². The van der Waals surface area contributed by atoms with Gasteiger partial charge in [0, 0.05) is 47.3 Å². The van der Waals surface area contributed by atoms with E-state index in [4.69, 9.17) is 11.5 Å². The summed E-state index contributed by atoms with van der Waals surface area (Å²) in [7, 11) is 0. The normalized spacial score (nSPS) is 11.6. The van der Waals surface area contributed by atoms with E-state index < -0.39 is 0 Å². The van der Waals surface area contributed by atoms with Crippen molar-refractivity contribution >= 4 is 21.8 Å². The molecule has 2 aromatic heterocycles. The molecule has 0 fully saturated rings. The topological polar surface area (TPSA) is 61.9 Å². The summed E-state index contributed by atoms with van der Waals surface area (Å²) in [5.74, 6) is 0. The summed E-state index contributed by atoms with van der Waals surface area (Å²) in [6, 6.07) is 17.3. The van der Waals surface area contributed by atoms with E-state index in [0.717, 1.165) is 38.8 Å². The number of aromatic nitrogens is 2. The summed E-state index contributed by atoms with van der Waals surface area (Å²) in [6.07, 6.45) is 8.77. The number of nitrogens with two attached hydrogens (primary N) is 2. The Morgan fingerprint density at radius 2 is 1.04 bits per heavy atom. The maximum absolute atomic E-state index is 5.80. The maximum Gasteiger partial charge on any atom is 0.0483 e. The molecule has 4 rings (SSSR count). The van der Waals surface area contributed by atoms with E-state index in [2.05, 4.69) is 70.1 Å². The fourth-order valence-electron chi connectivity index (χ4n) is 4.29. The van der Waals surface area contributed by atoms with Crippen molar-refractivity contribution in [1.29, 1.82) is 0 Å². The molecule has 0 radical (unpaired) electrons. The van der Waals surface area contributed by atoms with Crippen LogP contribution in [0.5, 0.6) is 0 Å². The molecule has 4 aromatic rings. The molecule has 2 aromatic carbocycles. The lowest BCUT2D eigenvalue weighted by atomic mass is 10.1. The number of nitrogens with zero attached hydrogens (tertiary/aromatic N) is 2. The first-order valence-corrected chi connectivity index (χ1v) is 10.4. The molecular weight excluding hydrogens is 344 g/mol. The molecule has 0 bridgehead atoms. The van der Waals surface area contributed by atoms with E-state index in [1.54, 1.807) is 0 Å². The number of para-hydroxylation sites is 2. The van der Waals surface area contributed by atoms with Crippen molar-refractivity contribution in [3.8, 4) is 0 Å². The van der Waals surface area contributed by atoms with Gasteiger partial charge in [-0.05, 0) is 62.0 Å². The smallest absolute Gasteiger partial charge is 0.0483 e. The van der Waals surface area contributed by atoms with E-state index in [1.807, 2.05) is 0 Å². The van der Waals surface area contributed by atoms with E-state index >= 15 is 0 Å². The van der Waals surface area contributed by atoms with Crippen LogP contribution in [0.4, 0.5) is 0 Å². The Morgan fingerprint density at radius 1 is 0.607 bits per heavy atom. The minimum absolute atomic E-state index is 0.694. The van der Waals surface area contributed by atoms with Crippen molar-refractivity contribution in [3.63, 3.8) is 0 Å². The summed E-state index contributed by atoms with van der Waals surface area (Å²) in [5.41, 5.74) is 17.0. The highest BCUT2D eigenvalue weighted by Gasteiger charge is 2.09. The van der Waals surface area contributed by atoms with Gasteiger partial charge < -0.3 is 20.6 Å². The molecule has 0 aliphatic carbocycles. The number of benzene rings is 2. The van der Waals surface area contributed by atoms with E-state index in [1.165, 1.54) is 32.9 Å². The predicted octanol–water partition coefficient (Wildman–Crippen LogP) is 4.08. The quantitative estimate of drug-likeness (QED) is 0.434. The largest absolute Gasteiger partial charge is 0.347 e. The fourth-order valence-corrected chi connectivity index (χ4v) is 4.29. The van der Waals surface area contributed by atoms with E-state index in [-0.39, 0.29) is 0 Å². The average Bonchev–Trinajstić information content (AvgIpc) is 3.25. The van der Waals surface area contributed by atoms with Gasteiger partial charge in [-0.1, -0.05) is 36.4 Å². The molecule has 4 N–H and O–H groups in total. The van der Waals surface area contributed by atoms with Gasteiger partial charge in [-0.2, -0.15) is 0 Å². The Bertz CT molecular complexity index is 971. The third-order valence-electron chi connectivity index (χ3n) is 5.62. The highest BCUT2D eigenvalue weighted by Crippen LogP contribution is 2.24. The van der Waals surface area contributed by atoms with Gasteiger partial charge in [-0.15, -0.1) is 0 Å². The lowest BCUT2D eigenvalue weighted by Crippen LogP contribution is -2.03. The number of fused-ring (bicyclic) bond motifs is 2. The first-order valence-electron chi connectivity index (χ1n) is 10.4. The SMILES string of the molecule is NCCc1cn(CCCCn2cc(CCN)c3ccccc32)c2ccccc12. The van der Waals surface area contributed by atoms with Gasteiger partial charge in [-0.3, -0.25) is 0 Å². The molecule has 0 aliphatic heterocycles. The molecule has 0 saturated heterocycles. The second kappa shape index (κ2) is 8.63. The monoisotopic (exact) mass is 374 g/mol. The Hall–Kier alpha value is -2.56. The lowest BCUT2D eigenvalue weighted by Gasteiger charge is -2.07. The molecule has 0 spiro atoms. The first-order chi connectivity index (χ1) is 13.8. The minimum Gasteiger partial charge on any atom is -0.347 e. The van der Waals surface area contributed by atoms with Crippen LogP contribution in [-0.4, -0.2) is 22.2 Å². The summed E-state index contributed by atoms with van der Waals surface area (Å²) < 4.78 is 4.79. The highest BCUT2D eigenvalue weighted by atomic mass is 15.0. The number of rotatable bonds is 9. The van der Waals surface area contributed by atoms with Crippen molar-refractivity contribution < 1.29 is 0 Å². The number of unbranched alkanes of at least 4 members (excludes halogenated alkanes) is 1. The molecule has 4 nitrogen and oxygen atoms in total. The Labute approximate surface area is 166 Å². The molecule has 0 unspecified atom stereocenters. The third kappa shape index (κ3) is 3.71. The van der Waals surface area contributed by atoms with Crippen molar-refractivity contribution in [2.75, 3.05) is 13.1 Å². The molecule has 146 valence electrons. The standard InChI is InChI=1S/C24H30N4/c25-13-11-19-17-27(23-9-3-1-7-21(19)23)15-5-6-16-28-18-20(12-14-26)22-8-2-4-10-24(22)28/h1-4,7-10,17-18H,5-6,11-16,25-26H2. The van der Waals surface area contributed by atoms with Gasteiger partial charge in [0.25, 0.3) is 0 Å². The van der Waals surface area contributed by atoms with Gasteiger partial charge in [0.2, 0.25) is 0 Å². The average molecular weight is 375 g/mol. The fraction of sp³-hybridized carbons (Fsp3) is 0.333. The molecule has 2 heterocycles. The van der Waals surface area contributed by atoms with Crippen LogP contribution in [0.25, 0.3) is 21.8 Å². The summed E-state index contributed by atoms with van der Waals surface area (Å²) in [5, 5.41) is 2.69. The van der Waals surface area contributed by atoms with Gasteiger partial charge in [0.05, 0.1) is 0 Å². The van der Waals surface area contributed by atoms with Crippen LogP contribution in [0.3, 0.4) is 0 Å². The first kappa shape index (κ1) is 18.8. The summed E-state index contributed by atoms with van der Waals surface area (Å²) in [4.78, 5) is 0. The van der Waals surface area contributed by atoms with Crippen molar-refractivity contribution in [2.24, 2.45) is 11.5 Å². The van der Waals surface area contributed by atoms with E-state index in [0.29, 0.717) is 13.1 Å². The van der Waals surface area contributed by atoms with Crippen molar-refractivity contribution in [1.82, 2.24) is 9.13 Å². The minimum atomic E-state index is 0.694. The Morgan fingerprint density at radius 3 is 1.46 bits per heavy atom. The molecule has 0 amide bonds. The van der Waals surface area contributed by atoms with Crippen LogP contribution in [-0.2, 0) is 25.9 Å². The number of hydrogen-bond donors (Lipinski definition) is 2. The van der Waals surface area contributed by atoms with Crippen molar-refractivity contribution in [2.45, 2.75) is 38.8 Å². The zero-order chi connectivity index (χ0) is 19.3. The molecule has 0 saturated carbocycles. The highest BCUT2D eigenvalue weighted by molar-refractivity contribution is 5.84. The number of aryl methyl sites for hydroxylation is 2. The van der Waals surface area contributed by atoms with Crippen LogP contribution in [0.2, 0.25) is 0 Å². The van der Waals surface area contributed by atoms with E-state index in [9.17, 15) is 0 Å². The second-order valence-corrected chi connectivity index (χ2v) is 7.51. The molecular formula is C24H30N4. The van der Waals surface area contributed by atoms with Crippen molar-refractivity contribution in [3.05, 3.63) is 72.1 Å². The third-order valence-corrected chi connectivity index (χ3v) is 5.62. The predicted molar refractivity (Wildman–Crippen MR) is 119 cm³/mol. The molecule has 4 heteroatoms. The maximum atomic E-state index is 5.80. The van der Waals surface area contributed by atoms with Crippen LogP contribution in [0.1, 0.15) is 24.0 Å². The Balaban J connectivity index is 1.44. The van der Waals surface area contributed by atoms with Crippen LogP contribution in [0.15, 0.2) is 60.9 Å². The number of hydrogen-bond acceptors (Lipinski definition) is 2. The summed E-state index contributed by atoms with van der Waals surface area (Å²) in [6.45, 7) is 3.47. The molecule has 0 atom stereocenters. The van der Waals surface area contributed by atoms with Gasteiger partial charge >= 0.3 is 0 Å². The van der Waals surface area contributed by atoms with Gasteiger partial charge in [-0.25, -0.2) is 0 Å². The lowest BCUT2D eigenvalue weighted by molar-refractivity contribution is 0.568. The summed E-state index contributed by atoms with van der Waals surface area (Å²) >= 11 is 0. The van der Waals surface area contributed by atoms with Gasteiger partial charge in [0.15, 0.2) is 0 Å².